The molecule has 0 unspecified atom stereocenters. The summed E-state index contributed by atoms with van der Waals surface area (Å²) in [4.78, 5) is 14.4. The second kappa shape index (κ2) is 9.17. The Morgan fingerprint density at radius 1 is 1.25 bits per heavy atom. The van der Waals surface area contributed by atoms with Gasteiger partial charge in [-0.2, -0.15) is 5.10 Å². The highest BCUT2D eigenvalue weighted by Gasteiger charge is 2.37. The summed E-state index contributed by atoms with van der Waals surface area (Å²) in [5.41, 5.74) is 2.44. The summed E-state index contributed by atoms with van der Waals surface area (Å²) >= 11 is 7.31. The number of hydrogen-bond acceptors (Lipinski definition) is 4. The number of amidine groups is 1. The molecule has 0 saturated carbocycles. The molecule has 0 radical (unpaired) electrons. The highest BCUT2D eigenvalue weighted by Crippen LogP contribution is 2.30. The molecular formula is C21H19ClFN3OS. The Balaban J connectivity index is 1.80. The molecule has 4 nitrogen and oxygen atoms in total. The maximum absolute atomic E-state index is 13.1. The minimum absolute atomic E-state index is 0.0202. The molecule has 0 bridgehead atoms. The van der Waals surface area contributed by atoms with E-state index in [0.717, 1.165) is 11.1 Å². The molecule has 1 aliphatic heterocycles. The Kier molecular flexibility index (Phi) is 6.65. The number of nitrogens with zero attached hydrogens (tertiary/aromatic N) is 3. The van der Waals surface area contributed by atoms with Gasteiger partial charge in [0.1, 0.15) is 5.82 Å². The van der Waals surface area contributed by atoms with E-state index >= 15 is 0 Å². The molecule has 2 aromatic carbocycles. The summed E-state index contributed by atoms with van der Waals surface area (Å²) in [5.74, 6) is -0.324. The molecule has 7 heteroatoms. The lowest BCUT2D eigenvalue weighted by Gasteiger charge is -2.13. The minimum Gasteiger partial charge on any atom is -0.285 e. The second-order valence-electron chi connectivity index (χ2n) is 6.25. The lowest BCUT2D eigenvalue weighted by atomic mass is 10.1. The number of carbonyl (C=O) groups excluding carboxylic acids is 1. The van der Waals surface area contributed by atoms with Gasteiger partial charge in [-0.15, -0.1) is 11.7 Å². The lowest BCUT2D eigenvalue weighted by molar-refractivity contribution is -0.125. The van der Waals surface area contributed by atoms with Crippen molar-refractivity contribution >= 4 is 40.1 Å². The molecule has 1 aliphatic rings. The molecular weight excluding hydrogens is 397 g/mol. The molecule has 1 saturated heterocycles. The van der Waals surface area contributed by atoms with Crippen molar-refractivity contribution in [2.24, 2.45) is 10.2 Å². The van der Waals surface area contributed by atoms with Gasteiger partial charge in [-0.25, -0.2) is 4.39 Å². The number of hydrogen-bond donors (Lipinski definition) is 0. The lowest BCUT2D eigenvalue weighted by Crippen LogP contribution is -2.32. The summed E-state index contributed by atoms with van der Waals surface area (Å²) in [6.45, 7) is 5.88. The zero-order chi connectivity index (χ0) is 20.1. The third-order valence-electron chi connectivity index (χ3n) is 4.21. The molecule has 1 amide bonds. The normalized spacial score (nSPS) is 18.8. The SMILES string of the molecule is C=CCN1C(=O)[C@@H](Cc2ccc(Cl)cc2)S/C1=N\N=C(/C)c1ccc(F)cc1. The van der Waals surface area contributed by atoms with E-state index in [1.165, 1.54) is 23.9 Å². The molecule has 2 aromatic rings. The second-order valence-corrected chi connectivity index (χ2v) is 7.86. The van der Waals surface area contributed by atoms with Crippen molar-refractivity contribution in [2.75, 3.05) is 6.54 Å². The number of carbonyl (C=O) groups is 1. The number of thioether (sulfide) groups is 1. The van der Waals surface area contributed by atoms with Crippen LogP contribution in [0.3, 0.4) is 0 Å². The van der Waals surface area contributed by atoms with Gasteiger partial charge in [-0.3, -0.25) is 9.69 Å². The topological polar surface area (TPSA) is 45.0 Å². The fourth-order valence-corrected chi connectivity index (χ4v) is 3.98. The molecule has 0 N–H and O–H groups in total. The number of rotatable bonds is 6. The number of benzene rings is 2. The average Bonchev–Trinajstić information content (AvgIpc) is 2.98. The predicted octanol–water partition coefficient (Wildman–Crippen LogP) is 4.93. The summed E-state index contributed by atoms with van der Waals surface area (Å²) in [6, 6.07) is 13.5. The first-order valence-electron chi connectivity index (χ1n) is 8.69. The van der Waals surface area contributed by atoms with E-state index in [1.807, 2.05) is 24.3 Å². The van der Waals surface area contributed by atoms with Crippen LogP contribution < -0.4 is 0 Å². The van der Waals surface area contributed by atoms with Crippen molar-refractivity contribution < 1.29 is 9.18 Å². The quantitative estimate of drug-likeness (QED) is 0.381. The summed E-state index contributed by atoms with van der Waals surface area (Å²) in [7, 11) is 0. The van der Waals surface area contributed by atoms with Crippen molar-refractivity contribution in [3.8, 4) is 0 Å². The van der Waals surface area contributed by atoms with Crippen molar-refractivity contribution in [1.29, 1.82) is 0 Å². The molecule has 0 aliphatic carbocycles. The summed E-state index contributed by atoms with van der Waals surface area (Å²) in [5, 5.41) is 9.45. The Bertz CT molecular complexity index is 926. The van der Waals surface area contributed by atoms with Crippen molar-refractivity contribution in [3.05, 3.63) is 83.2 Å². The van der Waals surface area contributed by atoms with Crippen LogP contribution in [0.2, 0.25) is 5.02 Å². The first-order valence-corrected chi connectivity index (χ1v) is 9.95. The van der Waals surface area contributed by atoms with Crippen LogP contribution in [0.1, 0.15) is 18.1 Å². The smallest absolute Gasteiger partial charge is 0.242 e. The summed E-state index contributed by atoms with van der Waals surface area (Å²) < 4.78 is 13.1. The van der Waals surface area contributed by atoms with Crippen LogP contribution in [0.5, 0.6) is 0 Å². The predicted molar refractivity (Wildman–Crippen MR) is 114 cm³/mol. The summed E-state index contributed by atoms with van der Waals surface area (Å²) in [6.07, 6.45) is 2.24. The van der Waals surface area contributed by atoms with E-state index < -0.39 is 0 Å². The Morgan fingerprint density at radius 2 is 1.93 bits per heavy atom. The first kappa shape index (κ1) is 20.3. The largest absolute Gasteiger partial charge is 0.285 e. The zero-order valence-electron chi connectivity index (χ0n) is 15.3. The van der Waals surface area contributed by atoms with Crippen LogP contribution in [0.25, 0.3) is 0 Å². The van der Waals surface area contributed by atoms with Crippen LogP contribution in [0.4, 0.5) is 4.39 Å². The van der Waals surface area contributed by atoms with Gasteiger partial charge in [-0.05, 0) is 48.7 Å². The number of amides is 1. The molecule has 0 spiro atoms. The van der Waals surface area contributed by atoms with Gasteiger partial charge in [0.2, 0.25) is 5.91 Å². The molecule has 144 valence electrons. The fraction of sp³-hybridized carbons (Fsp3) is 0.190. The molecule has 3 rings (SSSR count). The standard InChI is InChI=1S/C21H19ClFN3OS/c1-3-12-26-20(27)19(13-15-4-8-17(22)9-5-15)28-21(26)25-24-14(2)16-6-10-18(23)11-7-16/h3-11,19H,1,12-13H2,2H3/b24-14+,25-21-/t19-/m1/s1. The third kappa shape index (κ3) is 4.88. The molecule has 0 aromatic heterocycles. The van der Waals surface area contributed by atoms with Gasteiger partial charge in [0.15, 0.2) is 5.17 Å². The van der Waals surface area contributed by atoms with Gasteiger partial charge in [-0.1, -0.05) is 53.7 Å². The maximum Gasteiger partial charge on any atom is 0.242 e. The molecule has 1 heterocycles. The fourth-order valence-electron chi connectivity index (χ4n) is 2.71. The van der Waals surface area contributed by atoms with Crippen LogP contribution in [0.15, 0.2) is 71.4 Å². The van der Waals surface area contributed by atoms with E-state index in [1.54, 1.807) is 30.0 Å². The highest BCUT2D eigenvalue weighted by molar-refractivity contribution is 8.15. The van der Waals surface area contributed by atoms with Crippen molar-refractivity contribution in [2.45, 2.75) is 18.6 Å². The van der Waals surface area contributed by atoms with Gasteiger partial charge >= 0.3 is 0 Å². The van der Waals surface area contributed by atoms with Crippen molar-refractivity contribution in [3.63, 3.8) is 0 Å². The van der Waals surface area contributed by atoms with Crippen LogP contribution in [-0.2, 0) is 11.2 Å². The average molecular weight is 416 g/mol. The van der Waals surface area contributed by atoms with E-state index in [-0.39, 0.29) is 17.0 Å². The zero-order valence-corrected chi connectivity index (χ0v) is 16.9. The van der Waals surface area contributed by atoms with E-state index in [2.05, 4.69) is 16.8 Å². The van der Waals surface area contributed by atoms with Crippen LogP contribution in [-0.4, -0.2) is 33.5 Å². The van der Waals surface area contributed by atoms with E-state index in [9.17, 15) is 9.18 Å². The Hall–Kier alpha value is -2.44. The van der Waals surface area contributed by atoms with Gasteiger partial charge in [0.25, 0.3) is 0 Å². The maximum atomic E-state index is 13.1. The molecule has 1 fully saturated rings. The first-order chi connectivity index (χ1) is 13.5. The van der Waals surface area contributed by atoms with Gasteiger partial charge in [0, 0.05) is 11.6 Å². The minimum atomic E-state index is -0.304. The number of halogens is 2. The molecule has 1 atom stereocenters. The Morgan fingerprint density at radius 3 is 2.57 bits per heavy atom. The van der Waals surface area contributed by atoms with Crippen LogP contribution >= 0.6 is 23.4 Å². The molecule has 28 heavy (non-hydrogen) atoms. The van der Waals surface area contributed by atoms with E-state index in [4.69, 9.17) is 11.6 Å². The Labute approximate surface area is 172 Å². The van der Waals surface area contributed by atoms with E-state index in [0.29, 0.717) is 28.9 Å². The van der Waals surface area contributed by atoms with Crippen LogP contribution in [0, 0.1) is 5.82 Å². The third-order valence-corrected chi connectivity index (χ3v) is 5.63. The van der Waals surface area contributed by atoms with Crippen molar-refractivity contribution in [1.82, 2.24) is 4.90 Å². The van der Waals surface area contributed by atoms with Gasteiger partial charge < -0.3 is 0 Å². The highest BCUT2D eigenvalue weighted by atomic mass is 35.5. The van der Waals surface area contributed by atoms with Gasteiger partial charge in [0.05, 0.1) is 11.0 Å². The monoisotopic (exact) mass is 415 g/mol.